The van der Waals surface area contributed by atoms with E-state index in [0.29, 0.717) is 19.4 Å². The molecular weight excluding hydrogens is 204 g/mol. The van der Waals surface area contributed by atoms with Crippen molar-refractivity contribution in [2.45, 2.75) is 18.9 Å². The topological polar surface area (TPSA) is 75.7 Å². The van der Waals surface area contributed by atoms with Gasteiger partial charge in [-0.05, 0) is 18.4 Å². The second-order valence-corrected chi connectivity index (χ2v) is 3.53. The van der Waals surface area contributed by atoms with E-state index in [9.17, 15) is 4.79 Å². The van der Waals surface area contributed by atoms with Crippen LogP contribution in [0.5, 0.6) is 0 Å². The molecule has 1 rings (SSSR count). The second-order valence-electron chi connectivity index (χ2n) is 3.53. The molecular formula is C12H16N2O2. The van der Waals surface area contributed by atoms with Gasteiger partial charge < -0.3 is 10.8 Å². The Morgan fingerprint density at radius 3 is 2.75 bits per heavy atom. The molecule has 0 aliphatic rings. The van der Waals surface area contributed by atoms with E-state index in [2.05, 4.69) is 4.99 Å². The van der Waals surface area contributed by atoms with E-state index in [-0.39, 0.29) is 0 Å². The van der Waals surface area contributed by atoms with Crippen molar-refractivity contribution < 1.29 is 9.90 Å². The van der Waals surface area contributed by atoms with Gasteiger partial charge in [-0.2, -0.15) is 0 Å². The van der Waals surface area contributed by atoms with Gasteiger partial charge in [-0.15, -0.1) is 0 Å². The van der Waals surface area contributed by atoms with Crippen LogP contribution in [0, 0.1) is 0 Å². The average Bonchev–Trinajstić information content (AvgIpc) is 2.29. The fraction of sp³-hybridized carbons (Fsp3) is 0.333. The SMILES string of the molecule is N[C@@H](CCCN=Cc1ccccc1)C(=O)O. The molecule has 16 heavy (non-hydrogen) atoms. The molecule has 1 atom stereocenters. The van der Waals surface area contributed by atoms with E-state index in [1.807, 2.05) is 30.3 Å². The summed E-state index contributed by atoms with van der Waals surface area (Å²) >= 11 is 0. The van der Waals surface area contributed by atoms with Gasteiger partial charge in [0.1, 0.15) is 6.04 Å². The van der Waals surface area contributed by atoms with Crippen molar-refractivity contribution in [3.8, 4) is 0 Å². The van der Waals surface area contributed by atoms with Crippen molar-refractivity contribution in [2.75, 3.05) is 6.54 Å². The third kappa shape index (κ3) is 4.70. The largest absolute Gasteiger partial charge is 0.480 e. The average molecular weight is 220 g/mol. The van der Waals surface area contributed by atoms with Crippen LogP contribution >= 0.6 is 0 Å². The van der Waals surface area contributed by atoms with E-state index >= 15 is 0 Å². The van der Waals surface area contributed by atoms with Gasteiger partial charge in [-0.1, -0.05) is 30.3 Å². The lowest BCUT2D eigenvalue weighted by atomic mass is 10.2. The molecule has 0 bridgehead atoms. The van der Waals surface area contributed by atoms with Gasteiger partial charge in [0.2, 0.25) is 0 Å². The Morgan fingerprint density at radius 1 is 1.44 bits per heavy atom. The molecule has 0 unspecified atom stereocenters. The maximum atomic E-state index is 10.4. The molecule has 0 heterocycles. The molecule has 86 valence electrons. The summed E-state index contributed by atoms with van der Waals surface area (Å²) in [5.74, 6) is -0.952. The number of nitrogens with two attached hydrogens (primary N) is 1. The Kier molecular flexibility index (Phi) is 5.22. The lowest BCUT2D eigenvalue weighted by Crippen LogP contribution is -2.29. The Morgan fingerprint density at radius 2 is 2.12 bits per heavy atom. The van der Waals surface area contributed by atoms with Crippen molar-refractivity contribution in [3.05, 3.63) is 35.9 Å². The number of hydrogen-bond acceptors (Lipinski definition) is 3. The van der Waals surface area contributed by atoms with Gasteiger partial charge in [0.25, 0.3) is 0 Å². The standard InChI is InChI=1S/C12H16N2O2/c13-11(12(15)16)7-4-8-14-9-10-5-2-1-3-6-10/h1-3,5-6,9,11H,4,7-8,13H2,(H,15,16)/t11-/m0/s1. The highest BCUT2D eigenvalue weighted by atomic mass is 16.4. The highest BCUT2D eigenvalue weighted by molar-refractivity contribution is 5.79. The van der Waals surface area contributed by atoms with Crippen LogP contribution in [0.4, 0.5) is 0 Å². The molecule has 3 N–H and O–H groups in total. The molecule has 0 fully saturated rings. The predicted octanol–water partition coefficient (Wildman–Crippen LogP) is 1.30. The maximum absolute atomic E-state index is 10.4. The molecule has 1 aromatic rings. The summed E-state index contributed by atoms with van der Waals surface area (Å²) in [5, 5.41) is 8.55. The zero-order valence-electron chi connectivity index (χ0n) is 9.04. The highest BCUT2D eigenvalue weighted by Gasteiger charge is 2.09. The molecule has 0 radical (unpaired) electrons. The molecule has 0 aromatic heterocycles. The van der Waals surface area contributed by atoms with E-state index < -0.39 is 12.0 Å². The molecule has 0 spiro atoms. The number of aliphatic carboxylic acids is 1. The van der Waals surface area contributed by atoms with Crippen molar-refractivity contribution in [2.24, 2.45) is 10.7 Å². The molecule has 0 saturated carbocycles. The van der Waals surface area contributed by atoms with Crippen LogP contribution in [-0.2, 0) is 4.79 Å². The van der Waals surface area contributed by atoms with Crippen LogP contribution in [-0.4, -0.2) is 29.9 Å². The molecule has 1 aromatic carbocycles. The van der Waals surface area contributed by atoms with E-state index in [1.165, 1.54) is 0 Å². The third-order valence-electron chi connectivity index (χ3n) is 2.16. The molecule has 0 saturated heterocycles. The van der Waals surface area contributed by atoms with Crippen molar-refractivity contribution in [1.29, 1.82) is 0 Å². The van der Waals surface area contributed by atoms with E-state index in [1.54, 1.807) is 6.21 Å². The number of benzene rings is 1. The van der Waals surface area contributed by atoms with Crippen LogP contribution in [0.25, 0.3) is 0 Å². The van der Waals surface area contributed by atoms with Crippen molar-refractivity contribution in [1.82, 2.24) is 0 Å². The summed E-state index contributed by atoms with van der Waals surface area (Å²) in [6.45, 7) is 0.607. The van der Waals surface area contributed by atoms with Crippen LogP contribution in [0.2, 0.25) is 0 Å². The Balaban J connectivity index is 2.21. The monoisotopic (exact) mass is 220 g/mol. The predicted molar refractivity (Wildman–Crippen MR) is 63.7 cm³/mol. The molecule has 4 heteroatoms. The smallest absolute Gasteiger partial charge is 0.320 e. The van der Waals surface area contributed by atoms with Gasteiger partial charge in [0.05, 0.1) is 0 Å². The van der Waals surface area contributed by atoms with Crippen LogP contribution < -0.4 is 5.73 Å². The molecule has 0 aliphatic heterocycles. The van der Waals surface area contributed by atoms with Crippen molar-refractivity contribution >= 4 is 12.2 Å². The van der Waals surface area contributed by atoms with Gasteiger partial charge in [0, 0.05) is 12.8 Å². The molecule has 0 aliphatic carbocycles. The number of rotatable bonds is 6. The zero-order chi connectivity index (χ0) is 11.8. The number of nitrogens with zero attached hydrogens (tertiary/aromatic N) is 1. The van der Waals surface area contributed by atoms with Gasteiger partial charge in [0.15, 0.2) is 0 Å². The normalized spacial score (nSPS) is 12.8. The molecule has 4 nitrogen and oxygen atoms in total. The van der Waals surface area contributed by atoms with Gasteiger partial charge in [-0.25, -0.2) is 0 Å². The number of carboxylic acids is 1. The number of carboxylic acid groups (broad SMARTS) is 1. The Hall–Kier alpha value is -1.68. The number of hydrogen-bond donors (Lipinski definition) is 2. The Bertz CT molecular complexity index is 349. The first-order chi connectivity index (χ1) is 7.70. The summed E-state index contributed by atoms with van der Waals surface area (Å²) in [7, 11) is 0. The summed E-state index contributed by atoms with van der Waals surface area (Å²) in [4.78, 5) is 14.6. The zero-order valence-corrected chi connectivity index (χ0v) is 9.04. The second kappa shape index (κ2) is 6.74. The Labute approximate surface area is 94.8 Å². The lowest BCUT2D eigenvalue weighted by Gasteiger charge is -2.03. The lowest BCUT2D eigenvalue weighted by molar-refractivity contribution is -0.138. The minimum Gasteiger partial charge on any atom is -0.480 e. The third-order valence-corrected chi connectivity index (χ3v) is 2.16. The summed E-state index contributed by atoms with van der Waals surface area (Å²) in [5.41, 5.74) is 6.40. The van der Waals surface area contributed by atoms with Crippen molar-refractivity contribution in [3.63, 3.8) is 0 Å². The fourth-order valence-corrected chi connectivity index (χ4v) is 1.24. The van der Waals surface area contributed by atoms with Crippen LogP contribution in [0.3, 0.4) is 0 Å². The molecule has 0 amide bonds. The summed E-state index contributed by atoms with van der Waals surface area (Å²) < 4.78 is 0. The van der Waals surface area contributed by atoms with Gasteiger partial charge in [-0.3, -0.25) is 9.79 Å². The fourth-order valence-electron chi connectivity index (χ4n) is 1.24. The van der Waals surface area contributed by atoms with Crippen LogP contribution in [0.15, 0.2) is 35.3 Å². The first-order valence-electron chi connectivity index (χ1n) is 5.23. The van der Waals surface area contributed by atoms with Gasteiger partial charge >= 0.3 is 5.97 Å². The summed E-state index contributed by atoms with van der Waals surface area (Å²) in [6, 6.07) is 9.00. The minimum absolute atomic E-state index is 0.460. The van der Waals surface area contributed by atoms with E-state index in [4.69, 9.17) is 10.8 Å². The van der Waals surface area contributed by atoms with E-state index in [0.717, 1.165) is 5.56 Å². The van der Waals surface area contributed by atoms with Crippen LogP contribution in [0.1, 0.15) is 18.4 Å². The highest BCUT2D eigenvalue weighted by Crippen LogP contribution is 1.97. The summed E-state index contributed by atoms with van der Waals surface area (Å²) in [6.07, 6.45) is 2.94. The minimum atomic E-state index is -0.952. The first kappa shape index (κ1) is 12.4. The number of aliphatic imine (C=N–C) groups is 1. The maximum Gasteiger partial charge on any atom is 0.320 e. The number of carbonyl (C=O) groups is 1. The first-order valence-corrected chi connectivity index (χ1v) is 5.23. The quantitative estimate of drug-likeness (QED) is 0.560.